The molecule has 0 saturated carbocycles. The van der Waals surface area contributed by atoms with Crippen LogP contribution in [0.2, 0.25) is 0 Å². The second kappa shape index (κ2) is 5.20. The standard InChI is InChI=1S/C9H16N4O2/c1-13-5-8(11-12-13)6-14-7-9-4-10-2-3-15-9/h5,9-10H,2-4,6-7H2,1H3. The van der Waals surface area contributed by atoms with Gasteiger partial charge in [0.2, 0.25) is 0 Å². The molecule has 0 aliphatic carbocycles. The van der Waals surface area contributed by atoms with E-state index < -0.39 is 0 Å². The molecule has 1 aromatic rings. The zero-order valence-electron chi connectivity index (χ0n) is 8.85. The van der Waals surface area contributed by atoms with Gasteiger partial charge in [0.15, 0.2) is 0 Å². The fourth-order valence-corrected chi connectivity index (χ4v) is 1.48. The first-order chi connectivity index (χ1) is 7.34. The molecule has 6 nitrogen and oxygen atoms in total. The van der Waals surface area contributed by atoms with Crippen molar-refractivity contribution in [3.8, 4) is 0 Å². The minimum Gasteiger partial charge on any atom is -0.373 e. The van der Waals surface area contributed by atoms with Gasteiger partial charge in [-0.2, -0.15) is 0 Å². The Labute approximate surface area is 88.6 Å². The van der Waals surface area contributed by atoms with E-state index in [4.69, 9.17) is 9.47 Å². The van der Waals surface area contributed by atoms with Crippen LogP contribution in [0.1, 0.15) is 5.69 Å². The summed E-state index contributed by atoms with van der Waals surface area (Å²) in [5.41, 5.74) is 0.848. The monoisotopic (exact) mass is 212 g/mol. The van der Waals surface area contributed by atoms with Gasteiger partial charge in [-0.15, -0.1) is 5.10 Å². The van der Waals surface area contributed by atoms with Gasteiger partial charge in [-0.1, -0.05) is 5.21 Å². The zero-order chi connectivity index (χ0) is 10.5. The maximum Gasteiger partial charge on any atom is 0.108 e. The van der Waals surface area contributed by atoms with Crippen LogP contribution < -0.4 is 5.32 Å². The molecule has 1 fully saturated rings. The summed E-state index contributed by atoms with van der Waals surface area (Å²) >= 11 is 0. The second-order valence-electron chi connectivity index (χ2n) is 3.60. The molecule has 84 valence electrons. The number of nitrogens with zero attached hydrogens (tertiary/aromatic N) is 3. The number of rotatable bonds is 4. The molecule has 1 aliphatic rings. The Bertz CT molecular complexity index is 296. The quantitative estimate of drug-likeness (QED) is 0.716. The summed E-state index contributed by atoms with van der Waals surface area (Å²) in [4.78, 5) is 0. The van der Waals surface area contributed by atoms with Crippen LogP contribution in [0, 0.1) is 0 Å². The molecule has 15 heavy (non-hydrogen) atoms. The van der Waals surface area contributed by atoms with Crippen molar-refractivity contribution in [2.75, 3.05) is 26.3 Å². The van der Waals surface area contributed by atoms with E-state index in [0.717, 1.165) is 25.4 Å². The third-order valence-corrected chi connectivity index (χ3v) is 2.21. The molecular weight excluding hydrogens is 196 g/mol. The summed E-state index contributed by atoms with van der Waals surface area (Å²) in [6, 6.07) is 0. The average molecular weight is 212 g/mol. The summed E-state index contributed by atoms with van der Waals surface area (Å²) < 4.78 is 12.6. The van der Waals surface area contributed by atoms with E-state index in [2.05, 4.69) is 15.6 Å². The minimum atomic E-state index is 0.162. The minimum absolute atomic E-state index is 0.162. The number of aryl methyl sites for hydroxylation is 1. The lowest BCUT2D eigenvalue weighted by molar-refractivity contribution is -0.0363. The second-order valence-corrected chi connectivity index (χ2v) is 3.60. The molecule has 2 heterocycles. The van der Waals surface area contributed by atoms with Crippen LogP contribution in [0.5, 0.6) is 0 Å². The molecule has 1 unspecified atom stereocenters. The first-order valence-corrected chi connectivity index (χ1v) is 5.10. The Balaban J connectivity index is 1.65. The van der Waals surface area contributed by atoms with E-state index >= 15 is 0 Å². The van der Waals surface area contributed by atoms with E-state index in [1.807, 2.05) is 13.2 Å². The average Bonchev–Trinajstić information content (AvgIpc) is 2.66. The van der Waals surface area contributed by atoms with E-state index in [9.17, 15) is 0 Å². The number of aromatic nitrogens is 3. The van der Waals surface area contributed by atoms with Crippen molar-refractivity contribution in [1.82, 2.24) is 20.3 Å². The van der Waals surface area contributed by atoms with Gasteiger partial charge >= 0.3 is 0 Å². The van der Waals surface area contributed by atoms with Gasteiger partial charge in [0, 0.05) is 20.1 Å². The molecule has 6 heteroatoms. The zero-order valence-corrected chi connectivity index (χ0v) is 8.85. The molecular formula is C9H16N4O2. The molecule has 0 radical (unpaired) electrons. The van der Waals surface area contributed by atoms with Gasteiger partial charge in [-0.3, -0.25) is 4.68 Å². The van der Waals surface area contributed by atoms with Gasteiger partial charge in [-0.25, -0.2) is 0 Å². The molecule has 1 aliphatic heterocycles. The maximum atomic E-state index is 5.49. The SMILES string of the molecule is Cn1cc(COCC2CNCCO2)nn1. The Morgan fingerprint density at radius 1 is 1.73 bits per heavy atom. The van der Waals surface area contributed by atoms with Crippen molar-refractivity contribution in [1.29, 1.82) is 0 Å². The highest BCUT2D eigenvalue weighted by molar-refractivity contribution is 4.88. The van der Waals surface area contributed by atoms with Crippen molar-refractivity contribution in [2.24, 2.45) is 7.05 Å². The van der Waals surface area contributed by atoms with Gasteiger partial charge in [0.1, 0.15) is 5.69 Å². The number of ether oxygens (including phenoxy) is 2. The molecule has 0 spiro atoms. The Morgan fingerprint density at radius 3 is 3.33 bits per heavy atom. The predicted octanol–water partition coefficient (Wildman–Crippen LogP) is -0.680. The number of nitrogens with one attached hydrogen (secondary N) is 1. The maximum absolute atomic E-state index is 5.49. The van der Waals surface area contributed by atoms with E-state index in [0.29, 0.717) is 13.2 Å². The third-order valence-electron chi connectivity index (χ3n) is 2.21. The smallest absolute Gasteiger partial charge is 0.108 e. The highest BCUT2D eigenvalue weighted by Gasteiger charge is 2.13. The highest BCUT2D eigenvalue weighted by atomic mass is 16.5. The van der Waals surface area contributed by atoms with Gasteiger partial charge < -0.3 is 14.8 Å². The van der Waals surface area contributed by atoms with Crippen LogP contribution in [0.15, 0.2) is 6.20 Å². The van der Waals surface area contributed by atoms with Crippen LogP contribution in [-0.2, 0) is 23.1 Å². The Morgan fingerprint density at radius 2 is 2.67 bits per heavy atom. The van der Waals surface area contributed by atoms with E-state index in [1.54, 1.807) is 4.68 Å². The van der Waals surface area contributed by atoms with Gasteiger partial charge in [-0.05, 0) is 0 Å². The summed E-state index contributed by atoms with van der Waals surface area (Å²) in [6.07, 6.45) is 2.01. The fourth-order valence-electron chi connectivity index (χ4n) is 1.48. The lowest BCUT2D eigenvalue weighted by Crippen LogP contribution is -2.40. The molecule has 0 aromatic carbocycles. The predicted molar refractivity (Wildman–Crippen MR) is 53.3 cm³/mol. The number of morpholine rings is 1. The summed E-state index contributed by atoms with van der Waals surface area (Å²) in [5.74, 6) is 0. The van der Waals surface area contributed by atoms with Crippen molar-refractivity contribution in [3.63, 3.8) is 0 Å². The fraction of sp³-hybridized carbons (Fsp3) is 0.778. The van der Waals surface area contributed by atoms with Crippen molar-refractivity contribution in [3.05, 3.63) is 11.9 Å². The van der Waals surface area contributed by atoms with Crippen molar-refractivity contribution >= 4 is 0 Å². The molecule has 0 bridgehead atoms. The molecule has 1 atom stereocenters. The number of hydrogen-bond acceptors (Lipinski definition) is 5. The van der Waals surface area contributed by atoms with Crippen LogP contribution >= 0.6 is 0 Å². The first-order valence-electron chi connectivity index (χ1n) is 5.10. The van der Waals surface area contributed by atoms with Gasteiger partial charge in [0.25, 0.3) is 0 Å². The Hall–Kier alpha value is -0.980. The van der Waals surface area contributed by atoms with E-state index in [1.165, 1.54) is 0 Å². The lowest BCUT2D eigenvalue weighted by atomic mass is 10.3. The Kier molecular flexibility index (Phi) is 3.65. The van der Waals surface area contributed by atoms with Crippen LogP contribution in [-0.4, -0.2) is 47.4 Å². The topological polar surface area (TPSA) is 61.2 Å². The normalized spacial score (nSPS) is 21.8. The molecule has 0 amide bonds. The highest BCUT2D eigenvalue weighted by Crippen LogP contribution is 2.00. The van der Waals surface area contributed by atoms with Crippen LogP contribution in [0.25, 0.3) is 0 Å². The summed E-state index contributed by atoms with van der Waals surface area (Å²) in [6.45, 7) is 3.65. The van der Waals surface area contributed by atoms with Crippen LogP contribution in [0.4, 0.5) is 0 Å². The largest absolute Gasteiger partial charge is 0.373 e. The molecule has 1 saturated heterocycles. The first kappa shape index (κ1) is 10.5. The third kappa shape index (κ3) is 3.26. The van der Waals surface area contributed by atoms with Crippen molar-refractivity contribution < 1.29 is 9.47 Å². The number of hydrogen-bond donors (Lipinski definition) is 1. The lowest BCUT2D eigenvalue weighted by Gasteiger charge is -2.23. The van der Waals surface area contributed by atoms with Gasteiger partial charge in [0.05, 0.1) is 32.1 Å². The van der Waals surface area contributed by atoms with Crippen LogP contribution in [0.3, 0.4) is 0 Å². The molecule has 2 rings (SSSR count). The molecule has 1 aromatic heterocycles. The molecule has 1 N–H and O–H groups in total. The summed E-state index contributed by atoms with van der Waals surface area (Å²) in [7, 11) is 1.84. The van der Waals surface area contributed by atoms with E-state index in [-0.39, 0.29) is 6.10 Å². The summed E-state index contributed by atoms with van der Waals surface area (Å²) in [5, 5.41) is 11.0. The van der Waals surface area contributed by atoms with Crippen molar-refractivity contribution in [2.45, 2.75) is 12.7 Å².